The van der Waals surface area contributed by atoms with Gasteiger partial charge in [0.15, 0.2) is 0 Å². The first-order chi connectivity index (χ1) is 9.54. The minimum absolute atomic E-state index is 0.00238. The van der Waals surface area contributed by atoms with E-state index in [1.807, 2.05) is 62.4 Å². The Hall–Kier alpha value is -1.94. The van der Waals surface area contributed by atoms with Crippen LogP contribution in [0.5, 0.6) is 0 Å². The molecule has 4 heteroatoms. The number of anilines is 2. The molecule has 1 atom stereocenters. The summed E-state index contributed by atoms with van der Waals surface area (Å²) in [5.41, 5.74) is 8.33. The van der Waals surface area contributed by atoms with Crippen molar-refractivity contribution in [3.8, 4) is 0 Å². The fraction of sp³-hybridized carbons (Fsp3) is 0.188. The molecule has 0 saturated carbocycles. The van der Waals surface area contributed by atoms with Gasteiger partial charge in [-0.1, -0.05) is 12.1 Å². The van der Waals surface area contributed by atoms with E-state index in [0.29, 0.717) is 0 Å². The van der Waals surface area contributed by atoms with Crippen molar-refractivity contribution in [2.24, 2.45) is 0 Å². The van der Waals surface area contributed by atoms with Crippen molar-refractivity contribution in [1.82, 2.24) is 0 Å². The molecule has 0 aliphatic heterocycles. The molecule has 0 spiro atoms. The molecule has 0 aliphatic carbocycles. The molecule has 0 aliphatic rings. The van der Waals surface area contributed by atoms with Crippen LogP contribution in [0.25, 0.3) is 0 Å². The zero-order valence-corrected chi connectivity index (χ0v) is 12.4. The maximum absolute atomic E-state index is 12.1. The van der Waals surface area contributed by atoms with E-state index in [9.17, 15) is 4.79 Å². The second kappa shape index (κ2) is 6.48. The van der Waals surface area contributed by atoms with Crippen LogP contribution in [-0.4, -0.2) is 11.2 Å². The van der Waals surface area contributed by atoms with E-state index in [0.717, 1.165) is 21.8 Å². The summed E-state index contributed by atoms with van der Waals surface area (Å²) in [5.74, 6) is -0.00238. The number of carbonyl (C=O) groups excluding carboxylic acids is 1. The highest BCUT2D eigenvalue weighted by Gasteiger charge is 2.14. The number of nitrogen functional groups attached to an aromatic ring is 1. The minimum Gasteiger partial charge on any atom is -0.399 e. The summed E-state index contributed by atoms with van der Waals surface area (Å²) in [6.45, 7) is 3.90. The number of rotatable bonds is 4. The predicted molar refractivity (Wildman–Crippen MR) is 86.0 cm³/mol. The fourth-order valence-corrected chi connectivity index (χ4v) is 2.64. The van der Waals surface area contributed by atoms with Crippen LogP contribution in [0.1, 0.15) is 12.5 Å². The van der Waals surface area contributed by atoms with E-state index in [1.165, 1.54) is 11.8 Å². The maximum Gasteiger partial charge on any atom is 0.237 e. The molecule has 1 amide bonds. The van der Waals surface area contributed by atoms with Gasteiger partial charge in [0.05, 0.1) is 5.25 Å². The number of thioether (sulfide) groups is 1. The standard InChI is InChI=1S/C16H18N2OS/c1-11-4-3-5-14(10-11)18-16(19)12(2)20-15-8-6-13(17)7-9-15/h3-10,12H,17H2,1-2H3,(H,18,19)/t12-/m1/s1. The summed E-state index contributed by atoms with van der Waals surface area (Å²) in [5, 5.41) is 2.76. The lowest BCUT2D eigenvalue weighted by molar-refractivity contribution is -0.115. The first kappa shape index (κ1) is 14.5. The fourth-order valence-electron chi connectivity index (χ4n) is 1.77. The predicted octanol–water partition coefficient (Wildman–Crippen LogP) is 3.70. The Balaban J connectivity index is 1.96. The lowest BCUT2D eigenvalue weighted by Crippen LogP contribution is -2.22. The number of amides is 1. The molecule has 0 aromatic heterocycles. The smallest absolute Gasteiger partial charge is 0.237 e. The molecule has 2 rings (SSSR count). The largest absolute Gasteiger partial charge is 0.399 e. The number of nitrogens with two attached hydrogens (primary N) is 1. The van der Waals surface area contributed by atoms with Crippen molar-refractivity contribution in [1.29, 1.82) is 0 Å². The highest BCUT2D eigenvalue weighted by atomic mass is 32.2. The van der Waals surface area contributed by atoms with Gasteiger partial charge in [0.25, 0.3) is 0 Å². The molecule has 104 valence electrons. The zero-order chi connectivity index (χ0) is 14.5. The third-order valence-corrected chi connectivity index (χ3v) is 3.96. The van der Waals surface area contributed by atoms with Crippen LogP contribution in [0.4, 0.5) is 11.4 Å². The van der Waals surface area contributed by atoms with Gasteiger partial charge in [-0.15, -0.1) is 11.8 Å². The highest BCUT2D eigenvalue weighted by Crippen LogP contribution is 2.25. The van der Waals surface area contributed by atoms with E-state index in [-0.39, 0.29) is 11.2 Å². The van der Waals surface area contributed by atoms with Crippen molar-refractivity contribution < 1.29 is 4.79 Å². The van der Waals surface area contributed by atoms with E-state index in [2.05, 4.69) is 5.32 Å². The lowest BCUT2D eigenvalue weighted by atomic mass is 10.2. The Labute approximate surface area is 123 Å². The van der Waals surface area contributed by atoms with Crippen molar-refractivity contribution in [2.45, 2.75) is 24.0 Å². The first-order valence-electron chi connectivity index (χ1n) is 6.44. The Kier molecular flexibility index (Phi) is 4.69. The van der Waals surface area contributed by atoms with E-state index >= 15 is 0 Å². The van der Waals surface area contributed by atoms with Crippen molar-refractivity contribution in [2.75, 3.05) is 11.1 Å². The molecule has 20 heavy (non-hydrogen) atoms. The minimum atomic E-state index is -0.167. The summed E-state index contributed by atoms with van der Waals surface area (Å²) >= 11 is 1.52. The Morgan fingerprint density at radius 1 is 1.20 bits per heavy atom. The van der Waals surface area contributed by atoms with Crippen LogP contribution in [0.3, 0.4) is 0 Å². The number of benzene rings is 2. The average Bonchev–Trinajstić information content (AvgIpc) is 2.41. The van der Waals surface area contributed by atoms with Gasteiger partial charge in [0.1, 0.15) is 0 Å². The van der Waals surface area contributed by atoms with E-state index < -0.39 is 0 Å². The Bertz CT molecular complexity index is 596. The molecule has 3 N–H and O–H groups in total. The van der Waals surface area contributed by atoms with Gasteiger partial charge in [-0.3, -0.25) is 4.79 Å². The third kappa shape index (κ3) is 4.03. The van der Waals surface area contributed by atoms with Gasteiger partial charge in [0, 0.05) is 16.3 Å². The van der Waals surface area contributed by atoms with Crippen LogP contribution in [0, 0.1) is 6.92 Å². The molecule has 0 radical (unpaired) electrons. The molecule has 2 aromatic rings. The molecule has 0 bridgehead atoms. The van der Waals surface area contributed by atoms with Gasteiger partial charge in [0.2, 0.25) is 5.91 Å². The van der Waals surface area contributed by atoms with Gasteiger partial charge in [-0.05, 0) is 55.8 Å². The van der Waals surface area contributed by atoms with Crippen LogP contribution in [0.15, 0.2) is 53.4 Å². The number of hydrogen-bond donors (Lipinski definition) is 2. The average molecular weight is 286 g/mol. The molecular weight excluding hydrogens is 268 g/mol. The van der Waals surface area contributed by atoms with E-state index in [4.69, 9.17) is 5.73 Å². The summed E-state index contributed by atoms with van der Waals surface area (Å²) in [6.07, 6.45) is 0. The van der Waals surface area contributed by atoms with Crippen molar-refractivity contribution in [3.05, 3.63) is 54.1 Å². The monoisotopic (exact) mass is 286 g/mol. The summed E-state index contributed by atoms with van der Waals surface area (Å²) in [4.78, 5) is 13.2. The second-order valence-electron chi connectivity index (χ2n) is 4.69. The maximum atomic E-state index is 12.1. The van der Waals surface area contributed by atoms with E-state index in [1.54, 1.807) is 0 Å². The van der Waals surface area contributed by atoms with Crippen LogP contribution >= 0.6 is 11.8 Å². The molecule has 0 unspecified atom stereocenters. The molecule has 0 fully saturated rings. The van der Waals surface area contributed by atoms with Gasteiger partial charge in [-0.2, -0.15) is 0 Å². The Morgan fingerprint density at radius 3 is 2.55 bits per heavy atom. The summed E-state index contributed by atoms with van der Waals surface area (Å²) < 4.78 is 0. The van der Waals surface area contributed by atoms with Gasteiger partial charge in [-0.25, -0.2) is 0 Å². The van der Waals surface area contributed by atoms with Crippen LogP contribution in [0.2, 0.25) is 0 Å². The quantitative estimate of drug-likeness (QED) is 0.665. The number of hydrogen-bond acceptors (Lipinski definition) is 3. The number of nitrogens with one attached hydrogen (secondary N) is 1. The second-order valence-corrected chi connectivity index (χ2v) is 6.10. The highest BCUT2D eigenvalue weighted by molar-refractivity contribution is 8.00. The SMILES string of the molecule is Cc1cccc(NC(=O)[C@@H](C)Sc2ccc(N)cc2)c1. The molecule has 3 nitrogen and oxygen atoms in total. The van der Waals surface area contributed by atoms with Crippen molar-refractivity contribution in [3.63, 3.8) is 0 Å². The summed E-state index contributed by atoms with van der Waals surface area (Å²) in [6, 6.07) is 15.3. The molecular formula is C16H18N2OS. The topological polar surface area (TPSA) is 55.1 Å². The number of aryl methyl sites for hydroxylation is 1. The lowest BCUT2D eigenvalue weighted by Gasteiger charge is -2.12. The molecule has 0 heterocycles. The van der Waals surface area contributed by atoms with Crippen molar-refractivity contribution >= 4 is 29.0 Å². The summed E-state index contributed by atoms with van der Waals surface area (Å²) in [7, 11) is 0. The van der Waals surface area contributed by atoms with Gasteiger partial charge >= 0.3 is 0 Å². The Morgan fingerprint density at radius 2 is 1.90 bits per heavy atom. The first-order valence-corrected chi connectivity index (χ1v) is 7.32. The van der Waals surface area contributed by atoms with Crippen LogP contribution < -0.4 is 11.1 Å². The number of carbonyl (C=O) groups is 1. The van der Waals surface area contributed by atoms with Gasteiger partial charge < -0.3 is 11.1 Å². The zero-order valence-electron chi connectivity index (χ0n) is 11.6. The molecule has 0 saturated heterocycles. The van der Waals surface area contributed by atoms with Crippen LogP contribution in [-0.2, 0) is 4.79 Å². The molecule has 2 aromatic carbocycles. The normalized spacial score (nSPS) is 11.9. The third-order valence-electron chi connectivity index (χ3n) is 2.85.